The van der Waals surface area contributed by atoms with Gasteiger partial charge in [0, 0.05) is 12.7 Å². The summed E-state index contributed by atoms with van der Waals surface area (Å²) >= 11 is 17.4. The first-order chi connectivity index (χ1) is 8.93. The molecule has 1 amide bonds. The van der Waals surface area contributed by atoms with Crippen LogP contribution in [0.1, 0.15) is 17.4 Å². The molecule has 0 spiro atoms. The molecule has 0 bridgehead atoms. The van der Waals surface area contributed by atoms with E-state index >= 15 is 0 Å². The first-order valence-corrected chi connectivity index (χ1v) is 6.56. The van der Waals surface area contributed by atoms with Crippen molar-refractivity contribution >= 4 is 40.7 Å². The Morgan fingerprint density at radius 2 is 2.11 bits per heavy atom. The average molecular weight is 324 g/mol. The monoisotopic (exact) mass is 322 g/mol. The molecule has 7 heteroatoms. The van der Waals surface area contributed by atoms with Gasteiger partial charge in [0.2, 0.25) is 0 Å². The topological polar surface area (TPSA) is 51.2 Å². The second-order valence-electron chi connectivity index (χ2n) is 3.85. The molecule has 104 valence electrons. The average Bonchev–Trinajstić information content (AvgIpc) is 2.35. The summed E-state index contributed by atoms with van der Waals surface area (Å²) in [5.41, 5.74) is 0.955. The smallest absolute Gasteiger partial charge is 0.271 e. The zero-order valence-electron chi connectivity index (χ0n) is 10.3. The van der Waals surface area contributed by atoms with Gasteiger partial charge in [0.1, 0.15) is 5.69 Å². The Morgan fingerprint density at radius 1 is 1.42 bits per heavy atom. The number of halogens is 3. The van der Waals surface area contributed by atoms with Crippen molar-refractivity contribution in [2.45, 2.75) is 6.92 Å². The van der Waals surface area contributed by atoms with E-state index in [0.717, 1.165) is 5.57 Å². The number of aromatic nitrogens is 1. The van der Waals surface area contributed by atoms with Crippen LogP contribution in [-0.4, -0.2) is 30.6 Å². The summed E-state index contributed by atoms with van der Waals surface area (Å²) in [6.07, 6.45) is 1.28. The Kier molecular flexibility index (Phi) is 6.58. The van der Waals surface area contributed by atoms with E-state index < -0.39 is 5.91 Å². The maximum Gasteiger partial charge on any atom is 0.271 e. The van der Waals surface area contributed by atoms with Gasteiger partial charge in [-0.15, -0.1) is 0 Å². The fraction of sp³-hybridized carbons (Fsp3) is 0.333. The van der Waals surface area contributed by atoms with Crippen molar-refractivity contribution in [1.82, 2.24) is 10.3 Å². The number of ether oxygens (including phenoxy) is 1. The third-order valence-electron chi connectivity index (χ3n) is 2.01. The molecule has 19 heavy (non-hydrogen) atoms. The Morgan fingerprint density at radius 3 is 2.74 bits per heavy atom. The molecule has 4 nitrogen and oxygen atoms in total. The minimum absolute atomic E-state index is 0.0366. The lowest BCUT2D eigenvalue weighted by atomic mass is 10.3. The van der Waals surface area contributed by atoms with Gasteiger partial charge in [0.15, 0.2) is 0 Å². The van der Waals surface area contributed by atoms with Gasteiger partial charge in [-0.3, -0.25) is 4.79 Å². The highest BCUT2D eigenvalue weighted by atomic mass is 35.5. The number of pyridine rings is 1. The van der Waals surface area contributed by atoms with Gasteiger partial charge in [-0.05, 0) is 6.92 Å². The maximum absolute atomic E-state index is 11.8. The largest absolute Gasteiger partial charge is 0.375 e. The minimum Gasteiger partial charge on any atom is -0.375 e. The van der Waals surface area contributed by atoms with Crippen molar-refractivity contribution in [3.63, 3.8) is 0 Å². The zero-order chi connectivity index (χ0) is 14.4. The quantitative estimate of drug-likeness (QED) is 0.645. The van der Waals surface area contributed by atoms with E-state index in [0.29, 0.717) is 19.8 Å². The molecular formula is C12H13Cl3N2O2. The van der Waals surface area contributed by atoms with Crippen LogP contribution in [0.25, 0.3) is 0 Å². The van der Waals surface area contributed by atoms with Crippen LogP contribution in [0.4, 0.5) is 0 Å². The Balaban J connectivity index is 2.50. The third kappa shape index (κ3) is 4.99. The van der Waals surface area contributed by atoms with Crippen molar-refractivity contribution in [2.75, 3.05) is 19.8 Å². The van der Waals surface area contributed by atoms with Crippen molar-refractivity contribution in [3.8, 4) is 0 Å². The van der Waals surface area contributed by atoms with Crippen LogP contribution in [0.15, 0.2) is 18.3 Å². The number of amides is 1. The summed E-state index contributed by atoms with van der Waals surface area (Å²) in [5, 5.41) is 2.97. The first kappa shape index (κ1) is 16.2. The number of nitrogens with one attached hydrogen (secondary N) is 1. The lowest BCUT2D eigenvalue weighted by molar-refractivity contribution is 0.0922. The molecule has 0 atom stereocenters. The number of nitrogens with zero attached hydrogens (tertiary/aromatic N) is 1. The number of hydrogen-bond acceptors (Lipinski definition) is 3. The molecule has 0 saturated heterocycles. The van der Waals surface area contributed by atoms with Crippen LogP contribution < -0.4 is 5.32 Å². The van der Waals surface area contributed by atoms with Crippen molar-refractivity contribution in [1.29, 1.82) is 0 Å². The summed E-state index contributed by atoms with van der Waals surface area (Å²) in [4.78, 5) is 15.6. The number of carbonyl (C=O) groups excluding carboxylic acids is 1. The highest BCUT2D eigenvalue weighted by Gasteiger charge is 2.16. The second kappa shape index (κ2) is 7.70. The van der Waals surface area contributed by atoms with E-state index in [1.165, 1.54) is 6.20 Å². The van der Waals surface area contributed by atoms with Gasteiger partial charge in [0.05, 0.1) is 28.3 Å². The molecule has 1 aromatic rings. The van der Waals surface area contributed by atoms with Crippen LogP contribution in [0.5, 0.6) is 0 Å². The van der Waals surface area contributed by atoms with Crippen LogP contribution >= 0.6 is 34.8 Å². The summed E-state index contributed by atoms with van der Waals surface area (Å²) in [6, 6.07) is 0. The van der Waals surface area contributed by atoms with Gasteiger partial charge in [-0.1, -0.05) is 47.0 Å². The SMILES string of the molecule is C=C(C)COCCNC(=O)c1ncc(Cl)c(Cl)c1Cl. The van der Waals surface area contributed by atoms with Crippen LogP contribution in [0.2, 0.25) is 15.1 Å². The van der Waals surface area contributed by atoms with Gasteiger partial charge < -0.3 is 10.1 Å². The molecule has 0 radical (unpaired) electrons. The first-order valence-electron chi connectivity index (χ1n) is 5.43. The predicted molar refractivity (Wildman–Crippen MR) is 77.2 cm³/mol. The molecule has 0 aliphatic heterocycles. The number of carbonyl (C=O) groups is 1. The third-order valence-corrected chi connectivity index (χ3v) is 3.25. The summed E-state index contributed by atoms with van der Waals surface area (Å²) < 4.78 is 5.24. The Hall–Kier alpha value is -0.810. The van der Waals surface area contributed by atoms with E-state index in [-0.39, 0.29) is 20.8 Å². The maximum atomic E-state index is 11.8. The fourth-order valence-electron chi connectivity index (χ4n) is 1.17. The minimum atomic E-state index is -0.428. The van der Waals surface area contributed by atoms with E-state index in [1.807, 2.05) is 6.92 Å². The van der Waals surface area contributed by atoms with Gasteiger partial charge in [-0.2, -0.15) is 0 Å². The molecule has 0 fully saturated rings. The second-order valence-corrected chi connectivity index (χ2v) is 5.01. The molecule has 1 heterocycles. The van der Waals surface area contributed by atoms with Gasteiger partial charge in [-0.25, -0.2) is 4.98 Å². The lowest BCUT2D eigenvalue weighted by Crippen LogP contribution is -2.28. The molecule has 1 N–H and O–H groups in total. The van der Waals surface area contributed by atoms with Crippen LogP contribution in [0, 0.1) is 0 Å². The van der Waals surface area contributed by atoms with E-state index in [4.69, 9.17) is 39.5 Å². The lowest BCUT2D eigenvalue weighted by Gasteiger charge is -2.08. The molecular weight excluding hydrogens is 311 g/mol. The Labute approximate surface area is 126 Å². The predicted octanol–water partition coefficient (Wildman–Crippen LogP) is 3.36. The standard InChI is InChI=1S/C12H13Cl3N2O2/c1-7(2)6-19-4-3-16-12(18)11-10(15)9(14)8(13)5-17-11/h5H,1,3-4,6H2,2H3,(H,16,18). The van der Waals surface area contributed by atoms with E-state index in [9.17, 15) is 4.79 Å². The Bertz CT molecular complexity index is 492. The molecule has 1 aromatic heterocycles. The van der Waals surface area contributed by atoms with E-state index in [1.54, 1.807) is 0 Å². The summed E-state index contributed by atoms with van der Waals surface area (Å²) in [5.74, 6) is -0.428. The zero-order valence-corrected chi connectivity index (χ0v) is 12.6. The van der Waals surface area contributed by atoms with Crippen molar-refractivity contribution in [2.24, 2.45) is 0 Å². The fourth-order valence-corrected chi connectivity index (χ4v) is 1.73. The van der Waals surface area contributed by atoms with Crippen LogP contribution in [0.3, 0.4) is 0 Å². The van der Waals surface area contributed by atoms with E-state index in [2.05, 4.69) is 16.9 Å². The van der Waals surface area contributed by atoms with Gasteiger partial charge >= 0.3 is 0 Å². The molecule has 1 rings (SSSR count). The van der Waals surface area contributed by atoms with Crippen LogP contribution in [-0.2, 0) is 4.74 Å². The van der Waals surface area contributed by atoms with Crippen molar-refractivity contribution < 1.29 is 9.53 Å². The molecule has 0 aromatic carbocycles. The number of hydrogen-bond donors (Lipinski definition) is 1. The molecule has 0 unspecified atom stereocenters. The van der Waals surface area contributed by atoms with Crippen molar-refractivity contribution in [3.05, 3.63) is 39.1 Å². The highest BCUT2D eigenvalue weighted by molar-refractivity contribution is 6.48. The molecule has 0 aliphatic carbocycles. The number of rotatable bonds is 6. The summed E-state index contributed by atoms with van der Waals surface area (Å²) in [6.45, 7) is 6.73. The van der Waals surface area contributed by atoms with Gasteiger partial charge in [0.25, 0.3) is 5.91 Å². The molecule has 0 saturated carbocycles. The summed E-state index contributed by atoms with van der Waals surface area (Å²) in [7, 11) is 0. The molecule has 0 aliphatic rings. The normalized spacial score (nSPS) is 10.3. The highest BCUT2D eigenvalue weighted by Crippen LogP contribution is 2.30.